The fourth-order valence-corrected chi connectivity index (χ4v) is 4.21. The largest absolute Gasteiger partial charge is 0.497 e. The molecule has 0 radical (unpaired) electrons. The van der Waals surface area contributed by atoms with Crippen LogP contribution in [-0.2, 0) is 4.79 Å². The summed E-state index contributed by atoms with van der Waals surface area (Å²) in [6, 6.07) is 19.9. The Morgan fingerprint density at radius 3 is 2.68 bits per heavy atom. The molecular weight excluding hydrogens is 406 g/mol. The molecule has 5 nitrogen and oxygen atoms in total. The van der Waals surface area contributed by atoms with E-state index in [1.807, 2.05) is 61.5 Å². The molecule has 1 amide bonds. The number of para-hydroxylation sites is 2. The zero-order valence-corrected chi connectivity index (χ0v) is 18.8. The van der Waals surface area contributed by atoms with Crippen molar-refractivity contribution in [1.82, 2.24) is 15.3 Å². The van der Waals surface area contributed by atoms with Crippen molar-refractivity contribution in [2.75, 3.05) is 19.1 Å². The quantitative estimate of drug-likeness (QED) is 0.388. The van der Waals surface area contributed by atoms with Gasteiger partial charge in [-0.3, -0.25) is 4.79 Å². The summed E-state index contributed by atoms with van der Waals surface area (Å²) in [5, 5.41) is 5.41. The molecule has 1 aromatic heterocycles. The van der Waals surface area contributed by atoms with Gasteiger partial charge in [-0.25, -0.2) is 4.98 Å². The van der Waals surface area contributed by atoms with E-state index in [1.165, 1.54) is 0 Å². The fraction of sp³-hybridized carbons (Fsp3) is 0.280. The van der Waals surface area contributed by atoms with Gasteiger partial charge in [-0.05, 0) is 66.0 Å². The number of thioether (sulfide) groups is 1. The Kier molecular flexibility index (Phi) is 6.47. The topological polar surface area (TPSA) is 67.0 Å². The highest BCUT2D eigenvalue weighted by atomic mass is 32.2. The molecule has 31 heavy (non-hydrogen) atoms. The van der Waals surface area contributed by atoms with Gasteiger partial charge in [-0.2, -0.15) is 11.8 Å². The predicted molar refractivity (Wildman–Crippen MR) is 129 cm³/mol. The van der Waals surface area contributed by atoms with Crippen molar-refractivity contribution >= 4 is 39.5 Å². The molecule has 2 N–H and O–H groups in total. The lowest BCUT2D eigenvalue weighted by Gasteiger charge is -2.20. The van der Waals surface area contributed by atoms with E-state index in [4.69, 9.17) is 9.72 Å². The van der Waals surface area contributed by atoms with E-state index in [-0.39, 0.29) is 17.9 Å². The summed E-state index contributed by atoms with van der Waals surface area (Å²) in [4.78, 5) is 21.3. The highest BCUT2D eigenvalue weighted by Crippen LogP contribution is 2.27. The number of H-pyrrole nitrogens is 1. The molecule has 3 aromatic carbocycles. The summed E-state index contributed by atoms with van der Waals surface area (Å²) in [7, 11) is 1.66. The Bertz CT molecular complexity index is 1170. The minimum absolute atomic E-state index is 0.000536. The van der Waals surface area contributed by atoms with E-state index in [0.717, 1.165) is 51.1 Å². The maximum Gasteiger partial charge on any atom is 0.227 e. The number of nitrogens with one attached hydrogen (secondary N) is 2. The van der Waals surface area contributed by atoms with Gasteiger partial charge in [0.2, 0.25) is 5.91 Å². The lowest BCUT2D eigenvalue weighted by molar-refractivity contribution is -0.123. The molecule has 0 bridgehead atoms. The van der Waals surface area contributed by atoms with Crippen LogP contribution in [0.15, 0.2) is 60.7 Å². The molecule has 0 spiro atoms. The number of fused-ring (bicyclic) bond motifs is 2. The van der Waals surface area contributed by atoms with Gasteiger partial charge in [0, 0.05) is 0 Å². The molecule has 4 rings (SSSR count). The van der Waals surface area contributed by atoms with Gasteiger partial charge in [0.05, 0.1) is 30.1 Å². The summed E-state index contributed by atoms with van der Waals surface area (Å²) in [5.41, 5.74) is 2.89. The number of carbonyl (C=O) groups excluding carboxylic acids is 1. The van der Waals surface area contributed by atoms with Gasteiger partial charge >= 0.3 is 0 Å². The van der Waals surface area contributed by atoms with Crippen molar-refractivity contribution < 1.29 is 9.53 Å². The van der Waals surface area contributed by atoms with Crippen LogP contribution < -0.4 is 10.1 Å². The maximum absolute atomic E-state index is 13.2. The third kappa shape index (κ3) is 4.69. The van der Waals surface area contributed by atoms with Crippen LogP contribution in [0.5, 0.6) is 5.75 Å². The number of aromatic nitrogens is 2. The number of rotatable bonds is 8. The van der Waals surface area contributed by atoms with Gasteiger partial charge in [0.15, 0.2) is 0 Å². The molecule has 160 valence electrons. The van der Waals surface area contributed by atoms with E-state index in [9.17, 15) is 4.79 Å². The Balaban J connectivity index is 1.55. The molecule has 0 unspecified atom stereocenters. The molecule has 0 fully saturated rings. The normalized spacial score (nSPS) is 13.3. The van der Waals surface area contributed by atoms with Gasteiger partial charge in [-0.1, -0.05) is 36.4 Å². The molecule has 0 aliphatic rings. The smallest absolute Gasteiger partial charge is 0.227 e. The highest BCUT2D eigenvalue weighted by Gasteiger charge is 2.22. The van der Waals surface area contributed by atoms with Gasteiger partial charge < -0.3 is 15.0 Å². The summed E-state index contributed by atoms with van der Waals surface area (Å²) in [6.07, 6.45) is 2.89. The number of nitrogens with zero attached hydrogens (tertiary/aromatic N) is 1. The molecule has 0 aliphatic carbocycles. The number of methoxy groups -OCH3 is 1. The maximum atomic E-state index is 13.2. The number of aromatic amines is 1. The Labute approximate surface area is 186 Å². The highest BCUT2D eigenvalue weighted by molar-refractivity contribution is 7.98. The number of amides is 1. The molecule has 0 aliphatic heterocycles. The van der Waals surface area contributed by atoms with Crippen LogP contribution in [-0.4, -0.2) is 35.0 Å². The van der Waals surface area contributed by atoms with E-state index < -0.39 is 0 Å². The van der Waals surface area contributed by atoms with Crippen molar-refractivity contribution in [3.8, 4) is 5.75 Å². The molecule has 0 saturated heterocycles. The summed E-state index contributed by atoms with van der Waals surface area (Å²) in [6.45, 7) is 1.95. The van der Waals surface area contributed by atoms with E-state index >= 15 is 0 Å². The van der Waals surface area contributed by atoms with Crippen LogP contribution in [0.3, 0.4) is 0 Å². The second-order valence-electron chi connectivity index (χ2n) is 7.68. The third-order valence-corrected chi connectivity index (χ3v) is 6.27. The van der Waals surface area contributed by atoms with Crippen molar-refractivity contribution in [2.45, 2.75) is 25.3 Å². The molecular formula is C25H27N3O2S. The van der Waals surface area contributed by atoms with Gasteiger partial charge in [0.1, 0.15) is 11.6 Å². The molecule has 2 atom stereocenters. The van der Waals surface area contributed by atoms with Crippen LogP contribution in [0.2, 0.25) is 0 Å². The van der Waals surface area contributed by atoms with Gasteiger partial charge in [0.25, 0.3) is 0 Å². The molecule has 1 heterocycles. The Morgan fingerprint density at radius 1 is 1.13 bits per heavy atom. The van der Waals surface area contributed by atoms with Crippen molar-refractivity contribution in [3.63, 3.8) is 0 Å². The van der Waals surface area contributed by atoms with E-state index in [2.05, 4.69) is 22.6 Å². The minimum atomic E-state index is -0.271. The minimum Gasteiger partial charge on any atom is -0.497 e. The van der Waals surface area contributed by atoms with Crippen molar-refractivity contribution in [1.29, 1.82) is 0 Å². The predicted octanol–water partition coefficient (Wildman–Crippen LogP) is 5.44. The van der Waals surface area contributed by atoms with Crippen LogP contribution in [0.25, 0.3) is 21.8 Å². The second kappa shape index (κ2) is 9.43. The van der Waals surface area contributed by atoms with Crippen LogP contribution in [0, 0.1) is 0 Å². The van der Waals surface area contributed by atoms with Gasteiger partial charge in [-0.15, -0.1) is 0 Å². The first-order chi connectivity index (χ1) is 15.1. The zero-order chi connectivity index (χ0) is 21.8. The number of hydrogen-bond donors (Lipinski definition) is 2. The molecule has 0 saturated carbocycles. The van der Waals surface area contributed by atoms with Crippen molar-refractivity contribution in [2.24, 2.45) is 0 Å². The first-order valence-corrected chi connectivity index (χ1v) is 11.8. The van der Waals surface area contributed by atoms with E-state index in [1.54, 1.807) is 18.9 Å². The summed E-state index contributed by atoms with van der Waals surface area (Å²) in [5.74, 6) is 2.30. The SMILES string of the molecule is COc1ccc2cc([C@H](C)C(=O)N[C@@H](CCSC)c3nc4ccccc4[nH]3)ccc2c1. The summed E-state index contributed by atoms with van der Waals surface area (Å²) >= 11 is 1.76. The summed E-state index contributed by atoms with van der Waals surface area (Å²) < 4.78 is 5.30. The number of imidazole rings is 1. The lowest BCUT2D eigenvalue weighted by atomic mass is 9.96. The van der Waals surface area contributed by atoms with Crippen LogP contribution in [0.4, 0.5) is 0 Å². The monoisotopic (exact) mass is 433 g/mol. The first-order valence-electron chi connectivity index (χ1n) is 10.4. The third-order valence-electron chi connectivity index (χ3n) is 5.63. The molecule has 6 heteroatoms. The standard InChI is InChI=1S/C25H27N3O2S/c1-16(17-8-9-19-15-20(30-2)11-10-18(19)14-17)25(29)28-23(12-13-31-3)24-26-21-6-4-5-7-22(21)27-24/h4-11,14-16,23H,12-13H2,1-3H3,(H,26,27)(H,28,29)/t16-,23-/m0/s1. The number of hydrogen-bond acceptors (Lipinski definition) is 4. The van der Waals surface area contributed by atoms with Crippen molar-refractivity contribution in [3.05, 3.63) is 72.1 Å². The number of ether oxygens (including phenoxy) is 1. The Hall–Kier alpha value is -2.99. The average molecular weight is 434 g/mol. The fourth-order valence-electron chi connectivity index (χ4n) is 3.74. The average Bonchev–Trinajstić information content (AvgIpc) is 3.24. The Morgan fingerprint density at radius 2 is 1.90 bits per heavy atom. The second-order valence-corrected chi connectivity index (χ2v) is 8.66. The molecule has 4 aromatic rings. The number of benzene rings is 3. The number of carbonyl (C=O) groups is 1. The first kappa shape index (κ1) is 21.2. The van der Waals surface area contributed by atoms with E-state index in [0.29, 0.717) is 0 Å². The zero-order valence-electron chi connectivity index (χ0n) is 18.0. The van der Waals surface area contributed by atoms with Crippen LogP contribution >= 0.6 is 11.8 Å². The van der Waals surface area contributed by atoms with Crippen LogP contribution in [0.1, 0.15) is 36.7 Å². The lowest BCUT2D eigenvalue weighted by Crippen LogP contribution is -2.33.